The number of hydrogen-bond donors (Lipinski definition) is 1. The number of nitrogens with one attached hydrogen (secondary N) is 1. The fraction of sp³-hybridized carbons (Fsp3) is 0.105. The quantitative estimate of drug-likeness (QED) is 0.548. The molecule has 0 aliphatic heterocycles. The van der Waals surface area contributed by atoms with E-state index in [4.69, 9.17) is 25.5 Å². The Labute approximate surface area is 159 Å². The molecule has 0 unspecified atom stereocenters. The topological polar surface area (TPSA) is 86.1 Å². The van der Waals surface area contributed by atoms with E-state index in [1.165, 1.54) is 0 Å². The predicted octanol–water partition coefficient (Wildman–Crippen LogP) is 4.46. The maximum absolute atomic E-state index is 5.97. The van der Waals surface area contributed by atoms with E-state index in [1.54, 1.807) is 38.6 Å². The Morgan fingerprint density at radius 1 is 0.889 bits per heavy atom. The molecule has 2 aromatic carbocycles. The third-order valence-corrected chi connectivity index (χ3v) is 4.28. The molecule has 0 bridgehead atoms. The summed E-state index contributed by atoms with van der Waals surface area (Å²) in [6.07, 6.45) is 1.71. The van der Waals surface area contributed by atoms with E-state index in [2.05, 4.69) is 20.4 Å². The van der Waals surface area contributed by atoms with Crippen LogP contribution in [-0.2, 0) is 0 Å². The van der Waals surface area contributed by atoms with Gasteiger partial charge in [0.1, 0.15) is 17.2 Å². The van der Waals surface area contributed by atoms with Crippen LogP contribution in [0.2, 0.25) is 5.02 Å². The number of aromatic nitrogens is 4. The minimum absolute atomic E-state index is 0.328. The number of ether oxygens (including phenoxy) is 2. The van der Waals surface area contributed by atoms with Gasteiger partial charge in [-0.2, -0.15) is 5.10 Å². The average molecular weight is 383 g/mol. The molecule has 7 nitrogen and oxygen atoms in total. The van der Waals surface area contributed by atoms with Gasteiger partial charge in [0.25, 0.3) is 5.89 Å². The van der Waals surface area contributed by atoms with Crippen LogP contribution in [0.15, 0.2) is 53.1 Å². The van der Waals surface area contributed by atoms with Crippen LogP contribution in [0.1, 0.15) is 0 Å². The number of methoxy groups -OCH3 is 2. The summed E-state index contributed by atoms with van der Waals surface area (Å²) in [4.78, 5) is 0. The SMILES string of the molecule is COc1cc(OC)cc(-c2nnc(-c3[nH]ncc3-c3ccc(Cl)cc3)o2)c1. The van der Waals surface area contributed by atoms with Crippen molar-refractivity contribution in [2.24, 2.45) is 0 Å². The third-order valence-electron chi connectivity index (χ3n) is 4.03. The van der Waals surface area contributed by atoms with Crippen molar-refractivity contribution in [2.45, 2.75) is 0 Å². The van der Waals surface area contributed by atoms with Crippen molar-refractivity contribution >= 4 is 11.6 Å². The van der Waals surface area contributed by atoms with Gasteiger partial charge < -0.3 is 13.9 Å². The minimum atomic E-state index is 0.328. The normalized spacial score (nSPS) is 10.8. The Morgan fingerprint density at radius 2 is 1.56 bits per heavy atom. The van der Waals surface area contributed by atoms with Crippen LogP contribution in [0.25, 0.3) is 34.2 Å². The van der Waals surface area contributed by atoms with Gasteiger partial charge in [-0.15, -0.1) is 10.2 Å². The van der Waals surface area contributed by atoms with E-state index < -0.39 is 0 Å². The minimum Gasteiger partial charge on any atom is -0.497 e. The van der Waals surface area contributed by atoms with E-state index in [1.807, 2.05) is 24.3 Å². The molecule has 0 atom stereocenters. The second-order valence-electron chi connectivity index (χ2n) is 5.68. The molecule has 27 heavy (non-hydrogen) atoms. The Hall–Kier alpha value is -3.32. The summed E-state index contributed by atoms with van der Waals surface area (Å²) in [6.45, 7) is 0. The summed E-state index contributed by atoms with van der Waals surface area (Å²) in [6, 6.07) is 12.8. The van der Waals surface area contributed by atoms with Gasteiger partial charge in [-0.05, 0) is 29.8 Å². The lowest BCUT2D eigenvalue weighted by molar-refractivity contribution is 0.394. The molecular formula is C19H15ClN4O3. The van der Waals surface area contributed by atoms with Gasteiger partial charge in [-0.3, -0.25) is 5.10 Å². The summed E-state index contributed by atoms with van der Waals surface area (Å²) < 4.78 is 16.4. The lowest BCUT2D eigenvalue weighted by Crippen LogP contribution is -1.88. The molecule has 0 saturated heterocycles. The monoisotopic (exact) mass is 382 g/mol. The van der Waals surface area contributed by atoms with E-state index in [-0.39, 0.29) is 0 Å². The van der Waals surface area contributed by atoms with Crippen molar-refractivity contribution < 1.29 is 13.9 Å². The average Bonchev–Trinajstić information content (AvgIpc) is 3.37. The van der Waals surface area contributed by atoms with Crippen LogP contribution in [0.4, 0.5) is 0 Å². The highest BCUT2D eigenvalue weighted by molar-refractivity contribution is 6.30. The molecule has 0 aliphatic rings. The summed E-state index contributed by atoms with van der Waals surface area (Å²) in [7, 11) is 3.17. The number of aromatic amines is 1. The standard InChI is InChI=1S/C19H15ClN4O3/c1-25-14-7-12(8-15(9-14)26-2)18-23-24-19(27-18)17-16(10-21-22-17)11-3-5-13(20)6-4-11/h3-10H,1-2H3,(H,21,22). The van der Waals surface area contributed by atoms with Gasteiger partial charge in [0.15, 0.2) is 0 Å². The Morgan fingerprint density at radius 3 is 2.22 bits per heavy atom. The first-order chi connectivity index (χ1) is 13.2. The van der Waals surface area contributed by atoms with Gasteiger partial charge in [0.05, 0.1) is 20.4 Å². The maximum atomic E-state index is 5.97. The van der Waals surface area contributed by atoms with E-state index >= 15 is 0 Å². The lowest BCUT2D eigenvalue weighted by atomic mass is 10.1. The molecular weight excluding hydrogens is 368 g/mol. The molecule has 1 N–H and O–H groups in total. The lowest BCUT2D eigenvalue weighted by Gasteiger charge is -2.05. The fourth-order valence-electron chi connectivity index (χ4n) is 2.67. The largest absolute Gasteiger partial charge is 0.497 e. The molecule has 0 aliphatic carbocycles. The highest BCUT2D eigenvalue weighted by Crippen LogP contribution is 2.33. The van der Waals surface area contributed by atoms with Gasteiger partial charge in [-0.25, -0.2) is 0 Å². The second kappa shape index (κ2) is 7.13. The Bertz CT molecular complexity index is 1050. The Kier molecular flexibility index (Phi) is 4.52. The smallest absolute Gasteiger partial charge is 0.266 e. The summed E-state index contributed by atoms with van der Waals surface area (Å²) in [5, 5.41) is 16.0. The zero-order valence-corrected chi connectivity index (χ0v) is 15.3. The first-order valence-corrected chi connectivity index (χ1v) is 8.42. The van der Waals surface area contributed by atoms with E-state index in [0.29, 0.717) is 39.6 Å². The number of benzene rings is 2. The van der Waals surface area contributed by atoms with Crippen molar-refractivity contribution in [1.29, 1.82) is 0 Å². The zero-order chi connectivity index (χ0) is 18.8. The molecule has 0 radical (unpaired) electrons. The maximum Gasteiger partial charge on any atom is 0.266 e. The van der Waals surface area contributed by atoms with Crippen LogP contribution in [0.5, 0.6) is 11.5 Å². The van der Waals surface area contributed by atoms with Crippen LogP contribution in [-0.4, -0.2) is 34.6 Å². The third kappa shape index (κ3) is 3.37. The number of H-pyrrole nitrogens is 1. The summed E-state index contributed by atoms with van der Waals surface area (Å²) in [5.74, 6) is 1.94. The van der Waals surface area contributed by atoms with Crippen LogP contribution in [0, 0.1) is 0 Å². The number of rotatable bonds is 5. The van der Waals surface area contributed by atoms with Gasteiger partial charge in [0.2, 0.25) is 5.89 Å². The molecule has 0 fully saturated rings. The molecule has 4 rings (SSSR count). The highest BCUT2D eigenvalue weighted by atomic mass is 35.5. The summed E-state index contributed by atoms with van der Waals surface area (Å²) >= 11 is 5.97. The highest BCUT2D eigenvalue weighted by Gasteiger charge is 2.18. The van der Waals surface area contributed by atoms with Crippen molar-refractivity contribution in [3.05, 3.63) is 53.7 Å². The van der Waals surface area contributed by atoms with Gasteiger partial charge in [-0.1, -0.05) is 23.7 Å². The van der Waals surface area contributed by atoms with Crippen LogP contribution < -0.4 is 9.47 Å². The molecule has 0 saturated carbocycles. The van der Waals surface area contributed by atoms with Crippen LogP contribution in [0.3, 0.4) is 0 Å². The zero-order valence-electron chi connectivity index (χ0n) is 14.6. The number of halogens is 1. The fourth-order valence-corrected chi connectivity index (χ4v) is 2.80. The first-order valence-electron chi connectivity index (χ1n) is 8.04. The second-order valence-corrected chi connectivity index (χ2v) is 6.12. The van der Waals surface area contributed by atoms with Crippen molar-refractivity contribution in [1.82, 2.24) is 20.4 Å². The van der Waals surface area contributed by atoms with Crippen molar-refractivity contribution in [3.8, 4) is 45.7 Å². The molecule has 136 valence electrons. The van der Waals surface area contributed by atoms with Gasteiger partial charge >= 0.3 is 0 Å². The molecule has 4 aromatic rings. The van der Waals surface area contributed by atoms with Crippen molar-refractivity contribution in [3.63, 3.8) is 0 Å². The van der Waals surface area contributed by atoms with E-state index in [0.717, 1.165) is 11.1 Å². The van der Waals surface area contributed by atoms with Crippen molar-refractivity contribution in [2.75, 3.05) is 14.2 Å². The first kappa shape index (κ1) is 17.1. The van der Waals surface area contributed by atoms with Crippen LogP contribution >= 0.6 is 11.6 Å². The molecule has 8 heteroatoms. The number of hydrogen-bond acceptors (Lipinski definition) is 6. The molecule has 2 heterocycles. The van der Waals surface area contributed by atoms with E-state index in [9.17, 15) is 0 Å². The van der Waals surface area contributed by atoms with Gasteiger partial charge in [0, 0.05) is 22.2 Å². The molecule has 2 aromatic heterocycles. The predicted molar refractivity (Wildman–Crippen MR) is 101 cm³/mol. The molecule has 0 spiro atoms. The summed E-state index contributed by atoms with van der Waals surface area (Å²) in [5.41, 5.74) is 3.10. The number of nitrogens with zero attached hydrogens (tertiary/aromatic N) is 3. The Balaban J connectivity index is 1.72. The molecule has 0 amide bonds.